The number of anilines is 1. The van der Waals surface area contributed by atoms with Crippen molar-refractivity contribution in [2.45, 2.75) is 0 Å². The molecule has 0 unspecified atom stereocenters. The van der Waals surface area contributed by atoms with Crippen molar-refractivity contribution in [2.75, 3.05) is 18.4 Å². The van der Waals surface area contributed by atoms with Gasteiger partial charge in [0, 0.05) is 18.5 Å². The van der Waals surface area contributed by atoms with Crippen molar-refractivity contribution in [2.24, 2.45) is 5.73 Å². The standard InChI is InChI=1S/C11H12N4O2/c12-5-6-13-11-8-3-1-2-4-9(8)14-7-10(11)15(16)17/h1-4,7H,5-6,12H2,(H,13,14). The van der Waals surface area contributed by atoms with Crippen molar-refractivity contribution in [1.29, 1.82) is 0 Å². The first-order chi connectivity index (χ1) is 8.24. The number of benzene rings is 1. The Morgan fingerprint density at radius 1 is 1.41 bits per heavy atom. The van der Waals surface area contributed by atoms with Crippen LogP contribution in [0.5, 0.6) is 0 Å². The summed E-state index contributed by atoms with van der Waals surface area (Å²) in [5.41, 5.74) is 6.57. The molecule has 0 saturated heterocycles. The molecular weight excluding hydrogens is 220 g/mol. The summed E-state index contributed by atoms with van der Waals surface area (Å²) in [5, 5.41) is 14.6. The molecular formula is C11H12N4O2. The number of pyridine rings is 1. The molecule has 6 heteroatoms. The molecule has 6 nitrogen and oxygen atoms in total. The molecule has 1 aromatic carbocycles. The van der Waals surface area contributed by atoms with Crippen LogP contribution in [0, 0.1) is 10.1 Å². The average Bonchev–Trinajstić information content (AvgIpc) is 2.35. The minimum atomic E-state index is -0.446. The number of nitrogens with one attached hydrogen (secondary N) is 1. The first kappa shape index (κ1) is 11.3. The van der Waals surface area contributed by atoms with Gasteiger partial charge in [0.25, 0.3) is 0 Å². The number of hydrogen-bond donors (Lipinski definition) is 2. The maximum absolute atomic E-state index is 10.9. The van der Waals surface area contributed by atoms with E-state index in [9.17, 15) is 10.1 Å². The van der Waals surface area contributed by atoms with E-state index in [2.05, 4.69) is 10.3 Å². The molecule has 2 rings (SSSR count). The largest absolute Gasteiger partial charge is 0.378 e. The van der Waals surface area contributed by atoms with Crippen LogP contribution in [0.25, 0.3) is 10.9 Å². The summed E-state index contributed by atoms with van der Waals surface area (Å²) in [6.45, 7) is 0.892. The van der Waals surface area contributed by atoms with Crippen LogP contribution >= 0.6 is 0 Å². The fourth-order valence-corrected chi connectivity index (χ4v) is 1.65. The molecule has 17 heavy (non-hydrogen) atoms. The molecule has 2 aromatic rings. The van der Waals surface area contributed by atoms with Gasteiger partial charge in [-0.3, -0.25) is 10.1 Å². The molecule has 1 heterocycles. The lowest BCUT2D eigenvalue weighted by Crippen LogP contribution is -2.14. The third kappa shape index (κ3) is 2.16. The Balaban J connectivity index is 2.61. The van der Waals surface area contributed by atoms with Crippen molar-refractivity contribution in [1.82, 2.24) is 4.98 Å². The van der Waals surface area contributed by atoms with E-state index < -0.39 is 4.92 Å². The number of fused-ring (bicyclic) bond motifs is 1. The quantitative estimate of drug-likeness (QED) is 0.615. The minimum absolute atomic E-state index is 0.0304. The van der Waals surface area contributed by atoms with Gasteiger partial charge < -0.3 is 11.1 Å². The first-order valence-corrected chi connectivity index (χ1v) is 5.20. The van der Waals surface area contributed by atoms with Crippen molar-refractivity contribution < 1.29 is 4.92 Å². The Hall–Kier alpha value is -2.21. The van der Waals surface area contributed by atoms with Gasteiger partial charge in [-0.05, 0) is 6.07 Å². The van der Waals surface area contributed by atoms with Gasteiger partial charge in [0.2, 0.25) is 0 Å². The van der Waals surface area contributed by atoms with Crippen LogP contribution in [0.3, 0.4) is 0 Å². The molecule has 0 aliphatic heterocycles. The van der Waals surface area contributed by atoms with Gasteiger partial charge in [-0.15, -0.1) is 0 Å². The van der Waals surface area contributed by atoms with E-state index in [1.54, 1.807) is 6.07 Å². The Kier molecular flexibility index (Phi) is 3.15. The zero-order valence-electron chi connectivity index (χ0n) is 9.09. The van der Waals surface area contributed by atoms with Crippen molar-refractivity contribution in [3.8, 4) is 0 Å². The first-order valence-electron chi connectivity index (χ1n) is 5.20. The number of aromatic nitrogens is 1. The van der Waals surface area contributed by atoms with Gasteiger partial charge in [-0.2, -0.15) is 0 Å². The summed E-state index contributed by atoms with van der Waals surface area (Å²) in [5.74, 6) is 0. The Morgan fingerprint density at radius 2 is 2.18 bits per heavy atom. The summed E-state index contributed by atoms with van der Waals surface area (Å²) in [6.07, 6.45) is 1.27. The molecule has 0 aliphatic rings. The third-order valence-corrected chi connectivity index (χ3v) is 2.40. The second-order valence-electron chi connectivity index (χ2n) is 3.51. The second kappa shape index (κ2) is 4.75. The van der Waals surface area contributed by atoms with Crippen LogP contribution in [0.2, 0.25) is 0 Å². The van der Waals surface area contributed by atoms with E-state index >= 15 is 0 Å². The Morgan fingerprint density at radius 3 is 2.88 bits per heavy atom. The molecule has 0 bridgehead atoms. The highest BCUT2D eigenvalue weighted by Crippen LogP contribution is 2.30. The van der Waals surface area contributed by atoms with E-state index in [1.165, 1.54) is 6.20 Å². The second-order valence-corrected chi connectivity index (χ2v) is 3.51. The monoisotopic (exact) mass is 232 g/mol. The van der Waals surface area contributed by atoms with Crippen LogP contribution in [0.15, 0.2) is 30.5 Å². The highest BCUT2D eigenvalue weighted by Gasteiger charge is 2.16. The fourth-order valence-electron chi connectivity index (χ4n) is 1.65. The summed E-state index contributed by atoms with van der Waals surface area (Å²) >= 11 is 0. The average molecular weight is 232 g/mol. The van der Waals surface area contributed by atoms with Crippen LogP contribution < -0.4 is 11.1 Å². The molecule has 1 aromatic heterocycles. The molecule has 0 radical (unpaired) electrons. The topological polar surface area (TPSA) is 94.1 Å². The molecule has 3 N–H and O–H groups in total. The van der Waals surface area contributed by atoms with Crippen molar-refractivity contribution >= 4 is 22.3 Å². The third-order valence-electron chi connectivity index (χ3n) is 2.40. The zero-order chi connectivity index (χ0) is 12.3. The molecule has 0 atom stereocenters. The van der Waals surface area contributed by atoms with Gasteiger partial charge in [0.1, 0.15) is 11.9 Å². The summed E-state index contributed by atoms with van der Waals surface area (Å²) < 4.78 is 0. The fraction of sp³-hybridized carbons (Fsp3) is 0.182. The van der Waals surface area contributed by atoms with Crippen LogP contribution in [0.4, 0.5) is 11.4 Å². The highest BCUT2D eigenvalue weighted by atomic mass is 16.6. The van der Waals surface area contributed by atoms with Crippen molar-refractivity contribution in [3.05, 3.63) is 40.6 Å². The summed E-state index contributed by atoms with van der Waals surface area (Å²) in [7, 11) is 0. The lowest BCUT2D eigenvalue weighted by molar-refractivity contribution is -0.384. The smallest absolute Gasteiger partial charge is 0.311 e. The van der Waals surface area contributed by atoms with Gasteiger partial charge in [0.05, 0.1) is 10.4 Å². The molecule has 0 fully saturated rings. The van der Waals surface area contributed by atoms with E-state index in [1.807, 2.05) is 18.2 Å². The van der Waals surface area contributed by atoms with E-state index in [0.29, 0.717) is 18.8 Å². The van der Waals surface area contributed by atoms with Gasteiger partial charge >= 0.3 is 5.69 Å². The normalized spacial score (nSPS) is 10.4. The molecule has 0 aliphatic carbocycles. The predicted octanol–water partition coefficient (Wildman–Crippen LogP) is 1.51. The van der Waals surface area contributed by atoms with Gasteiger partial charge in [-0.25, -0.2) is 4.98 Å². The van der Waals surface area contributed by atoms with E-state index in [-0.39, 0.29) is 5.69 Å². The summed E-state index contributed by atoms with van der Waals surface area (Å²) in [4.78, 5) is 14.5. The lowest BCUT2D eigenvalue weighted by atomic mass is 10.1. The molecule has 0 amide bonds. The van der Waals surface area contributed by atoms with Gasteiger partial charge in [-0.1, -0.05) is 18.2 Å². The van der Waals surface area contributed by atoms with Crippen LogP contribution in [0.1, 0.15) is 0 Å². The number of nitrogens with zero attached hydrogens (tertiary/aromatic N) is 2. The SMILES string of the molecule is NCCNc1c([N+](=O)[O-])cnc2ccccc12. The highest BCUT2D eigenvalue weighted by molar-refractivity contribution is 5.95. The number of hydrogen-bond acceptors (Lipinski definition) is 5. The maximum atomic E-state index is 10.9. The lowest BCUT2D eigenvalue weighted by Gasteiger charge is -2.08. The maximum Gasteiger partial charge on any atom is 0.311 e. The van der Waals surface area contributed by atoms with E-state index in [4.69, 9.17) is 5.73 Å². The van der Waals surface area contributed by atoms with Crippen LogP contribution in [-0.2, 0) is 0 Å². The Bertz CT molecular complexity index is 556. The minimum Gasteiger partial charge on any atom is -0.378 e. The number of nitrogens with two attached hydrogens (primary N) is 1. The molecule has 0 saturated carbocycles. The zero-order valence-corrected chi connectivity index (χ0v) is 9.09. The van der Waals surface area contributed by atoms with Crippen LogP contribution in [-0.4, -0.2) is 23.0 Å². The predicted molar refractivity (Wildman–Crippen MR) is 65.9 cm³/mol. The van der Waals surface area contributed by atoms with Gasteiger partial charge in [0.15, 0.2) is 0 Å². The number of nitro groups is 1. The van der Waals surface area contributed by atoms with Crippen molar-refractivity contribution in [3.63, 3.8) is 0 Å². The molecule has 88 valence electrons. The summed E-state index contributed by atoms with van der Waals surface area (Å²) in [6, 6.07) is 7.27. The van der Waals surface area contributed by atoms with E-state index in [0.717, 1.165) is 10.9 Å². The molecule has 0 spiro atoms. The number of rotatable bonds is 4. The Labute approximate surface area is 97.6 Å². The number of para-hydroxylation sites is 1.